The van der Waals surface area contributed by atoms with Crippen molar-refractivity contribution in [1.29, 1.82) is 0 Å². The molecule has 0 radical (unpaired) electrons. The zero-order valence-electron chi connectivity index (χ0n) is 42.7. The molecule has 0 aliphatic rings. The van der Waals surface area contributed by atoms with Gasteiger partial charge in [-0.3, -0.25) is 24.0 Å². The fourth-order valence-electron chi connectivity index (χ4n) is 8.19. The molecular weight excluding hydrogens is 803 g/mol. The maximum absolute atomic E-state index is 13.2. The van der Waals surface area contributed by atoms with E-state index in [9.17, 15) is 24.0 Å². The van der Waals surface area contributed by atoms with Crippen LogP contribution < -0.4 is 16.0 Å². The Balaban J connectivity index is 4.65. The summed E-state index contributed by atoms with van der Waals surface area (Å²) in [5.74, 6) is 0.0295. The Labute approximate surface area is 394 Å². The van der Waals surface area contributed by atoms with Crippen molar-refractivity contribution < 1.29 is 33.4 Å². The number of hydrogen-bond donors (Lipinski definition) is 3. The Bertz CT molecular complexity index is 1130. The number of rotatable bonds is 47. The first-order valence-electron chi connectivity index (χ1n) is 27.2. The highest BCUT2D eigenvalue weighted by molar-refractivity contribution is 5.92. The minimum atomic E-state index is -0.966. The van der Waals surface area contributed by atoms with E-state index in [0.29, 0.717) is 95.4 Å². The fourth-order valence-corrected chi connectivity index (χ4v) is 8.19. The first-order chi connectivity index (χ1) is 31.1. The number of amides is 3. The van der Waals surface area contributed by atoms with Crippen LogP contribution in [-0.4, -0.2) is 62.0 Å². The van der Waals surface area contributed by atoms with Crippen molar-refractivity contribution in [2.45, 2.75) is 272 Å². The van der Waals surface area contributed by atoms with Gasteiger partial charge in [0.15, 0.2) is 0 Å². The van der Waals surface area contributed by atoms with Crippen molar-refractivity contribution in [1.82, 2.24) is 16.0 Å². The van der Waals surface area contributed by atoms with Crippen LogP contribution in [0.2, 0.25) is 0 Å². The number of carbonyl (C=O) groups is 5. The number of nitrogens with one attached hydrogen (secondary N) is 3. The minimum absolute atomic E-state index is 0.138. The molecule has 0 spiro atoms. The van der Waals surface area contributed by atoms with Gasteiger partial charge in [-0.25, -0.2) is 0 Å². The summed E-state index contributed by atoms with van der Waals surface area (Å²) in [6, 6.07) is -0.966. The molecule has 3 N–H and O–H groups in total. The van der Waals surface area contributed by atoms with Crippen molar-refractivity contribution >= 4 is 29.7 Å². The molecule has 376 valence electrons. The van der Waals surface area contributed by atoms with Gasteiger partial charge in [-0.2, -0.15) is 0 Å². The SMILES string of the molecule is CCCCCCCCC(CCCCCC)COC(=O)CCCCCNC(=O)CC(NC(=O)CCC(C)C)C(=O)NCCCCCC(=O)OCC(CCCCCC)CCCCCCCC. The van der Waals surface area contributed by atoms with E-state index in [-0.39, 0.29) is 36.1 Å². The zero-order valence-corrected chi connectivity index (χ0v) is 42.7. The highest BCUT2D eigenvalue weighted by Gasteiger charge is 2.24. The Hall–Kier alpha value is -2.65. The standard InChI is InChI=1S/C54H103N3O7/c1-7-11-15-19-21-27-35-47(33-25-17-13-9-3)44-63-52(60)37-29-23-31-41-55-51(59)43-49(57-50(58)40-39-46(5)6)54(62)56-42-32-24-30-38-53(61)64-45-48(34-26-18-14-10-4)36-28-22-20-16-12-8-2/h46-49H,7-45H2,1-6H3,(H,55,59)(H,56,62)(H,57,58). The molecule has 0 heterocycles. The van der Waals surface area contributed by atoms with E-state index in [0.717, 1.165) is 38.5 Å². The molecule has 3 amide bonds. The predicted molar refractivity (Wildman–Crippen MR) is 266 cm³/mol. The van der Waals surface area contributed by atoms with Gasteiger partial charge in [-0.1, -0.05) is 183 Å². The fraction of sp³-hybridized carbons (Fsp3) is 0.907. The van der Waals surface area contributed by atoms with Gasteiger partial charge in [-0.15, -0.1) is 0 Å². The van der Waals surface area contributed by atoms with Crippen molar-refractivity contribution in [3.63, 3.8) is 0 Å². The van der Waals surface area contributed by atoms with Crippen LogP contribution in [0.1, 0.15) is 266 Å². The maximum atomic E-state index is 13.2. The summed E-state index contributed by atoms with van der Waals surface area (Å²) >= 11 is 0. The smallest absolute Gasteiger partial charge is 0.305 e. The second-order valence-corrected chi connectivity index (χ2v) is 19.4. The largest absolute Gasteiger partial charge is 0.465 e. The monoisotopic (exact) mass is 906 g/mol. The van der Waals surface area contributed by atoms with Crippen molar-refractivity contribution in [3.05, 3.63) is 0 Å². The molecule has 10 heteroatoms. The highest BCUT2D eigenvalue weighted by atomic mass is 16.5. The topological polar surface area (TPSA) is 140 Å². The predicted octanol–water partition coefficient (Wildman–Crippen LogP) is 13.4. The third-order valence-corrected chi connectivity index (χ3v) is 12.6. The van der Waals surface area contributed by atoms with Crippen molar-refractivity contribution in [3.8, 4) is 0 Å². The van der Waals surface area contributed by atoms with Gasteiger partial charge in [0.05, 0.1) is 19.6 Å². The van der Waals surface area contributed by atoms with Gasteiger partial charge < -0.3 is 25.4 Å². The van der Waals surface area contributed by atoms with Crippen LogP contribution in [0.3, 0.4) is 0 Å². The van der Waals surface area contributed by atoms with Gasteiger partial charge in [-0.05, 0) is 75.5 Å². The van der Waals surface area contributed by atoms with E-state index in [4.69, 9.17) is 9.47 Å². The molecule has 0 fully saturated rings. The lowest BCUT2D eigenvalue weighted by atomic mass is 9.95. The normalized spacial score (nSPS) is 12.7. The van der Waals surface area contributed by atoms with Gasteiger partial charge in [0.1, 0.15) is 6.04 Å². The molecule has 3 atom stereocenters. The molecule has 0 aromatic heterocycles. The van der Waals surface area contributed by atoms with E-state index >= 15 is 0 Å². The summed E-state index contributed by atoms with van der Waals surface area (Å²) < 4.78 is 11.5. The summed E-state index contributed by atoms with van der Waals surface area (Å²) in [5, 5.41) is 8.59. The molecule has 0 aromatic rings. The molecule has 0 bridgehead atoms. The quantitative estimate of drug-likeness (QED) is 0.0408. The summed E-state index contributed by atoms with van der Waals surface area (Å²) in [5.41, 5.74) is 0. The number of hydrogen-bond acceptors (Lipinski definition) is 7. The number of ether oxygens (including phenoxy) is 2. The summed E-state index contributed by atoms with van der Waals surface area (Å²) in [6.45, 7) is 14.9. The number of unbranched alkanes of at least 4 members (excludes halogenated alkanes) is 20. The molecule has 10 nitrogen and oxygen atoms in total. The molecule has 0 saturated heterocycles. The molecule has 3 unspecified atom stereocenters. The minimum Gasteiger partial charge on any atom is -0.465 e. The molecule has 0 saturated carbocycles. The van der Waals surface area contributed by atoms with Gasteiger partial charge in [0.25, 0.3) is 0 Å². The Kier molecular flexibility index (Phi) is 43.6. The van der Waals surface area contributed by atoms with Crippen LogP contribution in [0.5, 0.6) is 0 Å². The van der Waals surface area contributed by atoms with Crippen molar-refractivity contribution in [2.24, 2.45) is 17.8 Å². The highest BCUT2D eigenvalue weighted by Crippen LogP contribution is 2.21. The van der Waals surface area contributed by atoms with E-state index in [1.54, 1.807) is 0 Å². The lowest BCUT2D eigenvalue weighted by molar-refractivity contribution is -0.146. The second kappa shape index (κ2) is 45.5. The number of esters is 2. The van der Waals surface area contributed by atoms with E-state index in [2.05, 4.69) is 43.6 Å². The van der Waals surface area contributed by atoms with E-state index in [1.165, 1.54) is 128 Å². The van der Waals surface area contributed by atoms with Crippen LogP contribution in [0.15, 0.2) is 0 Å². The molecule has 64 heavy (non-hydrogen) atoms. The molecule has 0 aliphatic heterocycles. The first kappa shape index (κ1) is 61.4. The van der Waals surface area contributed by atoms with Gasteiger partial charge in [0.2, 0.25) is 17.7 Å². The molecular formula is C54H103N3O7. The summed E-state index contributed by atoms with van der Waals surface area (Å²) in [4.78, 5) is 64.1. The Morgan fingerprint density at radius 1 is 0.406 bits per heavy atom. The Morgan fingerprint density at radius 2 is 0.781 bits per heavy atom. The van der Waals surface area contributed by atoms with Crippen LogP contribution in [0.4, 0.5) is 0 Å². The molecule has 0 aliphatic carbocycles. The lowest BCUT2D eigenvalue weighted by Crippen LogP contribution is -2.49. The van der Waals surface area contributed by atoms with Gasteiger partial charge >= 0.3 is 11.9 Å². The summed E-state index contributed by atoms with van der Waals surface area (Å²) in [6.07, 6.45) is 35.6. The number of carbonyl (C=O) groups excluding carboxylic acids is 5. The average Bonchev–Trinajstić information content (AvgIpc) is 3.27. The van der Waals surface area contributed by atoms with Crippen LogP contribution >= 0.6 is 0 Å². The average molecular weight is 906 g/mol. The third-order valence-electron chi connectivity index (χ3n) is 12.6. The molecule has 0 aromatic carbocycles. The van der Waals surface area contributed by atoms with Crippen LogP contribution in [0.25, 0.3) is 0 Å². The van der Waals surface area contributed by atoms with Crippen LogP contribution in [0, 0.1) is 17.8 Å². The van der Waals surface area contributed by atoms with Crippen molar-refractivity contribution in [2.75, 3.05) is 26.3 Å². The first-order valence-corrected chi connectivity index (χ1v) is 27.2. The lowest BCUT2D eigenvalue weighted by Gasteiger charge is -2.19. The Morgan fingerprint density at radius 3 is 1.20 bits per heavy atom. The third kappa shape index (κ3) is 40.8. The van der Waals surface area contributed by atoms with E-state index < -0.39 is 6.04 Å². The van der Waals surface area contributed by atoms with E-state index in [1.807, 2.05) is 13.8 Å². The zero-order chi connectivity index (χ0) is 47.3. The second-order valence-electron chi connectivity index (χ2n) is 19.4. The maximum Gasteiger partial charge on any atom is 0.305 e. The van der Waals surface area contributed by atoms with Gasteiger partial charge in [0, 0.05) is 32.4 Å². The van der Waals surface area contributed by atoms with Crippen LogP contribution in [-0.2, 0) is 33.4 Å². The summed E-state index contributed by atoms with van der Waals surface area (Å²) in [7, 11) is 0. The molecule has 0 rings (SSSR count).